The molecule has 1 unspecified atom stereocenters. The summed E-state index contributed by atoms with van der Waals surface area (Å²) in [4.78, 5) is 2.21. The van der Waals surface area contributed by atoms with Crippen LogP contribution in [0.25, 0.3) is 0 Å². The van der Waals surface area contributed by atoms with E-state index in [-0.39, 0.29) is 5.82 Å². The van der Waals surface area contributed by atoms with Crippen LogP contribution in [0.1, 0.15) is 18.4 Å². The quantitative estimate of drug-likeness (QED) is 0.683. The van der Waals surface area contributed by atoms with Crippen molar-refractivity contribution >= 4 is 21.6 Å². The average Bonchev–Trinajstić information content (AvgIpc) is 2.49. The molecule has 0 amide bonds. The minimum Gasteiger partial charge on any atom is -0.371 e. The Labute approximate surface area is 128 Å². The van der Waals surface area contributed by atoms with Gasteiger partial charge in [-0.15, -0.1) is 0 Å². The summed E-state index contributed by atoms with van der Waals surface area (Å²) in [6.07, 6.45) is 0. The van der Waals surface area contributed by atoms with Gasteiger partial charge in [-0.2, -0.15) is 0 Å². The summed E-state index contributed by atoms with van der Waals surface area (Å²) in [5, 5.41) is 0.892. The second-order valence-corrected chi connectivity index (χ2v) is 5.43. The molecule has 0 spiro atoms. The number of nitrogens with zero attached hydrogens (tertiary/aromatic N) is 1. The Morgan fingerprint density at radius 1 is 1.10 bits per heavy atom. The molecular formula is C17H19BrFN. The maximum Gasteiger partial charge on any atom is 0.125 e. The normalized spacial score (nSPS) is 12.2. The van der Waals surface area contributed by atoms with Crippen molar-refractivity contribution in [2.45, 2.75) is 12.8 Å². The highest BCUT2D eigenvalue weighted by molar-refractivity contribution is 9.09. The van der Waals surface area contributed by atoms with E-state index in [1.165, 1.54) is 11.6 Å². The van der Waals surface area contributed by atoms with Gasteiger partial charge in [-0.3, -0.25) is 0 Å². The topological polar surface area (TPSA) is 3.24 Å². The van der Waals surface area contributed by atoms with Crippen LogP contribution in [0.4, 0.5) is 10.1 Å². The predicted octanol–water partition coefficient (Wildman–Crippen LogP) is 4.83. The Morgan fingerprint density at radius 2 is 1.85 bits per heavy atom. The van der Waals surface area contributed by atoms with E-state index < -0.39 is 0 Å². The molecule has 0 aliphatic carbocycles. The van der Waals surface area contributed by atoms with Gasteiger partial charge in [-0.25, -0.2) is 4.39 Å². The van der Waals surface area contributed by atoms with E-state index in [1.54, 1.807) is 12.1 Å². The molecule has 0 saturated carbocycles. The molecule has 2 rings (SSSR count). The molecule has 1 nitrogen and oxygen atoms in total. The number of hydrogen-bond donors (Lipinski definition) is 0. The molecule has 1 atom stereocenters. The van der Waals surface area contributed by atoms with Crippen LogP contribution in [-0.4, -0.2) is 18.4 Å². The number of likely N-dealkylation sites (N-methyl/N-ethyl adjacent to an activating group) is 1. The molecule has 0 saturated heterocycles. The van der Waals surface area contributed by atoms with Crippen molar-refractivity contribution in [2.75, 3.05) is 23.3 Å². The maximum absolute atomic E-state index is 13.4. The third kappa shape index (κ3) is 3.83. The summed E-state index contributed by atoms with van der Waals surface area (Å²) < 4.78 is 13.4. The first-order valence-corrected chi connectivity index (χ1v) is 7.98. The average molecular weight is 336 g/mol. The van der Waals surface area contributed by atoms with E-state index >= 15 is 0 Å². The predicted molar refractivity (Wildman–Crippen MR) is 87.3 cm³/mol. The molecule has 2 aromatic carbocycles. The van der Waals surface area contributed by atoms with Gasteiger partial charge in [-0.05, 0) is 30.7 Å². The molecule has 3 heteroatoms. The van der Waals surface area contributed by atoms with Crippen molar-refractivity contribution in [1.82, 2.24) is 0 Å². The van der Waals surface area contributed by atoms with Gasteiger partial charge < -0.3 is 4.90 Å². The Hall–Kier alpha value is -1.35. The third-order valence-electron chi connectivity index (χ3n) is 3.45. The summed E-state index contributed by atoms with van der Waals surface area (Å²) in [7, 11) is 0. The summed E-state index contributed by atoms with van der Waals surface area (Å²) in [5.41, 5.74) is 2.24. The number of alkyl halides is 1. The smallest absolute Gasteiger partial charge is 0.125 e. The maximum atomic E-state index is 13.4. The van der Waals surface area contributed by atoms with Crippen LogP contribution in [-0.2, 0) is 0 Å². The van der Waals surface area contributed by atoms with Crippen LogP contribution in [0.3, 0.4) is 0 Å². The highest BCUT2D eigenvalue weighted by atomic mass is 79.9. The Balaban J connectivity index is 2.16. The second-order valence-electron chi connectivity index (χ2n) is 4.78. The van der Waals surface area contributed by atoms with Crippen molar-refractivity contribution in [3.8, 4) is 0 Å². The number of benzene rings is 2. The molecule has 20 heavy (non-hydrogen) atoms. The lowest BCUT2D eigenvalue weighted by Crippen LogP contribution is -2.29. The minimum absolute atomic E-state index is 0.184. The van der Waals surface area contributed by atoms with Crippen LogP contribution in [0.2, 0.25) is 0 Å². The molecule has 106 valence electrons. The van der Waals surface area contributed by atoms with Crippen LogP contribution in [0.5, 0.6) is 0 Å². The fraction of sp³-hybridized carbons (Fsp3) is 0.294. The molecule has 0 radical (unpaired) electrons. The van der Waals surface area contributed by atoms with Gasteiger partial charge in [0.2, 0.25) is 0 Å². The van der Waals surface area contributed by atoms with E-state index in [4.69, 9.17) is 0 Å². The van der Waals surface area contributed by atoms with E-state index in [1.807, 2.05) is 12.1 Å². The number of anilines is 1. The van der Waals surface area contributed by atoms with Crippen molar-refractivity contribution in [1.29, 1.82) is 0 Å². The van der Waals surface area contributed by atoms with Gasteiger partial charge in [0.25, 0.3) is 0 Å². The fourth-order valence-electron chi connectivity index (χ4n) is 2.32. The molecular weight excluding hydrogens is 317 g/mol. The van der Waals surface area contributed by atoms with Crippen molar-refractivity contribution < 1.29 is 4.39 Å². The number of halogens is 2. The molecule has 0 aliphatic heterocycles. The lowest BCUT2D eigenvalue weighted by atomic mass is 10.0. The summed E-state index contributed by atoms with van der Waals surface area (Å²) in [6.45, 7) is 3.83. The van der Waals surface area contributed by atoms with Gasteiger partial charge >= 0.3 is 0 Å². The Bertz CT molecular complexity index is 530. The van der Waals surface area contributed by atoms with E-state index in [0.29, 0.717) is 5.92 Å². The monoisotopic (exact) mass is 335 g/mol. The van der Waals surface area contributed by atoms with Gasteiger partial charge in [0.05, 0.1) is 0 Å². The standard InChI is InChI=1S/C17H19BrFN/c1-2-20(17-10-6-9-16(19)11-17)13-15(12-18)14-7-4-3-5-8-14/h3-11,15H,2,12-13H2,1H3. The molecule has 0 aromatic heterocycles. The highest BCUT2D eigenvalue weighted by Crippen LogP contribution is 2.23. The van der Waals surface area contributed by atoms with Gasteiger partial charge in [0.1, 0.15) is 5.82 Å². The first kappa shape index (κ1) is 15.0. The number of rotatable bonds is 6. The molecule has 0 fully saturated rings. The first-order valence-electron chi connectivity index (χ1n) is 6.86. The zero-order valence-corrected chi connectivity index (χ0v) is 13.2. The zero-order chi connectivity index (χ0) is 14.4. The second kappa shape index (κ2) is 7.44. The van der Waals surface area contributed by atoms with Crippen LogP contribution >= 0.6 is 15.9 Å². The van der Waals surface area contributed by atoms with Crippen LogP contribution in [0, 0.1) is 5.82 Å². The van der Waals surface area contributed by atoms with E-state index in [2.05, 4.69) is 52.0 Å². The third-order valence-corrected chi connectivity index (χ3v) is 4.23. The Kier molecular flexibility index (Phi) is 5.60. The van der Waals surface area contributed by atoms with Crippen molar-refractivity contribution in [3.63, 3.8) is 0 Å². The van der Waals surface area contributed by atoms with Gasteiger partial charge in [0.15, 0.2) is 0 Å². The first-order chi connectivity index (χ1) is 9.74. The summed E-state index contributed by atoms with van der Waals surface area (Å²) in [6, 6.07) is 17.2. The zero-order valence-electron chi connectivity index (χ0n) is 11.6. The van der Waals surface area contributed by atoms with Gasteiger partial charge in [0, 0.05) is 30.0 Å². The van der Waals surface area contributed by atoms with Crippen molar-refractivity contribution in [2.24, 2.45) is 0 Å². The molecule has 0 heterocycles. The minimum atomic E-state index is -0.184. The molecule has 0 bridgehead atoms. The SMILES string of the molecule is CCN(CC(CBr)c1ccccc1)c1cccc(F)c1. The lowest BCUT2D eigenvalue weighted by molar-refractivity contribution is 0.625. The largest absolute Gasteiger partial charge is 0.371 e. The van der Waals surface area contributed by atoms with E-state index in [0.717, 1.165) is 24.1 Å². The summed E-state index contributed by atoms with van der Waals surface area (Å²) >= 11 is 3.60. The van der Waals surface area contributed by atoms with E-state index in [9.17, 15) is 4.39 Å². The Morgan fingerprint density at radius 3 is 2.45 bits per heavy atom. The molecule has 0 aliphatic rings. The number of hydrogen-bond acceptors (Lipinski definition) is 1. The van der Waals surface area contributed by atoms with Gasteiger partial charge in [-0.1, -0.05) is 52.3 Å². The fourth-order valence-corrected chi connectivity index (χ4v) is 2.90. The van der Waals surface area contributed by atoms with Crippen molar-refractivity contribution in [3.05, 3.63) is 66.0 Å². The van der Waals surface area contributed by atoms with Crippen LogP contribution in [0.15, 0.2) is 54.6 Å². The molecule has 0 N–H and O–H groups in total. The molecule has 2 aromatic rings. The summed E-state index contributed by atoms with van der Waals surface area (Å²) in [5.74, 6) is 0.204. The van der Waals surface area contributed by atoms with Crippen LogP contribution < -0.4 is 4.90 Å². The highest BCUT2D eigenvalue weighted by Gasteiger charge is 2.15. The lowest BCUT2D eigenvalue weighted by Gasteiger charge is -2.28.